The molecule has 6 nitrogen and oxygen atoms in total. The Morgan fingerprint density at radius 3 is 2.56 bits per heavy atom. The van der Waals surface area contributed by atoms with Crippen molar-refractivity contribution in [1.82, 2.24) is 9.80 Å². The van der Waals surface area contributed by atoms with Gasteiger partial charge in [0.05, 0.1) is 23.7 Å². The summed E-state index contributed by atoms with van der Waals surface area (Å²) in [6.45, 7) is 3.59. The van der Waals surface area contributed by atoms with Gasteiger partial charge in [-0.25, -0.2) is 0 Å². The monoisotopic (exact) mass is 392 g/mol. The molecule has 3 aliphatic heterocycles. The van der Waals surface area contributed by atoms with Crippen LogP contribution in [0.25, 0.3) is 0 Å². The average molecular weight is 393 g/mol. The molecule has 0 radical (unpaired) electrons. The van der Waals surface area contributed by atoms with E-state index in [2.05, 4.69) is 6.07 Å². The Morgan fingerprint density at radius 1 is 1.11 bits per heavy atom. The number of aliphatic hydroxyl groups is 1. The zero-order valence-electron chi connectivity index (χ0n) is 15.7. The summed E-state index contributed by atoms with van der Waals surface area (Å²) >= 11 is 1.64. The number of likely N-dealkylation sites (tertiary alicyclic amines) is 2. The highest BCUT2D eigenvalue weighted by Crippen LogP contribution is 2.45. The quantitative estimate of drug-likeness (QED) is 0.856. The number of carbonyl (C=O) groups is 2. The summed E-state index contributed by atoms with van der Waals surface area (Å²) in [5.74, 6) is 0.175. The second-order valence-corrected chi connectivity index (χ2v) is 8.88. The highest BCUT2D eigenvalue weighted by atomic mass is 32.1. The minimum atomic E-state index is -0.361. The second kappa shape index (κ2) is 7.89. The molecule has 27 heavy (non-hydrogen) atoms. The summed E-state index contributed by atoms with van der Waals surface area (Å²) in [5.41, 5.74) is 0.814. The molecule has 0 aliphatic carbocycles. The molecule has 3 aliphatic rings. The van der Waals surface area contributed by atoms with Crippen molar-refractivity contribution in [2.75, 3.05) is 39.4 Å². The van der Waals surface area contributed by atoms with E-state index in [0.29, 0.717) is 19.7 Å². The number of aliphatic hydroxyl groups excluding tert-OH is 1. The molecule has 0 atom stereocenters. The summed E-state index contributed by atoms with van der Waals surface area (Å²) in [5, 5.41) is 9.00. The van der Waals surface area contributed by atoms with Crippen LogP contribution in [-0.2, 0) is 21.6 Å². The van der Waals surface area contributed by atoms with Crippen LogP contribution in [0.4, 0.5) is 0 Å². The fraction of sp³-hybridized carbons (Fsp3) is 0.700. The molecule has 4 heterocycles. The largest absolute Gasteiger partial charge is 0.396 e. The maximum absolute atomic E-state index is 12.9. The summed E-state index contributed by atoms with van der Waals surface area (Å²) < 4.78 is 6.25. The molecule has 0 aromatic carbocycles. The molecule has 0 unspecified atom stereocenters. The third kappa shape index (κ3) is 3.65. The van der Waals surface area contributed by atoms with Gasteiger partial charge in [-0.3, -0.25) is 9.59 Å². The molecule has 0 bridgehead atoms. The average Bonchev–Trinajstić information content (AvgIpc) is 3.15. The Morgan fingerprint density at radius 2 is 1.85 bits per heavy atom. The highest BCUT2D eigenvalue weighted by molar-refractivity contribution is 7.14. The van der Waals surface area contributed by atoms with Crippen molar-refractivity contribution in [1.29, 1.82) is 0 Å². The molecular formula is C20H28N2O4S. The lowest BCUT2D eigenvalue weighted by atomic mass is 9.82. The number of rotatable bonds is 3. The fourth-order valence-electron chi connectivity index (χ4n) is 4.56. The van der Waals surface area contributed by atoms with Gasteiger partial charge >= 0.3 is 0 Å². The van der Waals surface area contributed by atoms with Crippen molar-refractivity contribution in [3.63, 3.8) is 0 Å². The molecule has 1 aromatic heterocycles. The molecule has 1 N–H and O–H groups in total. The standard InChI is InChI=1S/C20H28N2O4S/c23-12-4-18(24)21-10-6-20(7-11-21)15-14-17(27-16(15)5-13-26-20)19(25)22-8-2-1-3-9-22/h14,23H,1-13H2. The number of hydrogen-bond acceptors (Lipinski definition) is 5. The van der Waals surface area contributed by atoms with Gasteiger partial charge in [-0.05, 0) is 43.7 Å². The number of carbonyl (C=O) groups excluding carboxylic acids is 2. The fourth-order valence-corrected chi connectivity index (χ4v) is 5.76. The number of piperidine rings is 2. The van der Waals surface area contributed by atoms with Crippen LogP contribution in [0.1, 0.15) is 58.6 Å². The zero-order chi connectivity index (χ0) is 18.9. The number of thiophene rings is 1. The van der Waals surface area contributed by atoms with Crippen LogP contribution in [-0.4, -0.2) is 66.1 Å². The van der Waals surface area contributed by atoms with E-state index in [4.69, 9.17) is 9.84 Å². The van der Waals surface area contributed by atoms with Crippen LogP contribution in [0, 0.1) is 0 Å². The Bertz CT molecular complexity index is 703. The van der Waals surface area contributed by atoms with Crippen molar-refractivity contribution in [2.24, 2.45) is 0 Å². The Hall–Kier alpha value is -1.44. The van der Waals surface area contributed by atoms with E-state index in [1.807, 2.05) is 9.80 Å². The van der Waals surface area contributed by atoms with Gasteiger partial charge in [-0.1, -0.05) is 0 Å². The number of amides is 2. The van der Waals surface area contributed by atoms with Gasteiger partial charge < -0.3 is 19.6 Å². The van der Waals surface area contributed by atoms with E-state index in [0.717, 1.165) is 50.1 Å². The molecule has 2 saturated heterocycles. The van der Waals surface area contributed by atoms with Crippen molar-refractivity contribution < 1.29 is 19.4 Å². The number of nitrogens with zero attached hydrogens (tertiary/aromatic N) is 2. The van der Waals surface area contributed by atoms with E-state index >= 15 is 0 Å². The second-order valence-electron chi connectivity index (χ2n) is 7.75. The van der Waals surface area contributed by atoms with E-state index < -0.39 is 0 Å². The van der Waals surface area contributed by atoms with Crippen LogP contribution in [0.5, 0.6) is 0 Å². The Balaban J connectivity index is 1.51. The van der Waals surface area contributed by atoms with Gasteiger partial charge in [0, 0.05) is 43.9 Å². The van der Waals surface area contributed by atoms with Crippen molar-refractivity contribution in [2.45, 2.75) is 50.5 Å². The maximum atomic E-state index is 12.9. The van der Waals surface area contributed by atoms with Gasteiger partial charge in [0.25, 0.3) is 5.91 Å². The van der Waals surface area contributed by atoms with Gasteiger partial charge in [0.2, 0.25) is 5.91 Å². The molecule has 2 amide bonds. The molecule has 148 valence electrons. The molecular weight excluding hydrogens is 364 g/mol. The van der Waals surface area contributed by atoms with Crippen LogP contribution >= 0.6 is 11.3 Å². The van der Waals surface area contributed by atoms with Crippen LogP contribution < -0.4 is 0 Å². The lowest BCUT2D eigenvalue weighted by molar-refractivity contribution is -0.141. The lowest BCUT2D eigenvalue weighted by Gasteiger charge is -2.44. The topological polar surface area (TPSA) is 70.1 Å². The highest BCUT2D eigenvalue weighted by Gasteiger charge is 2.43. The normalized spacial score (nSPS) is 22.0. The van der Waals surface area contributed by atoms with Crippen molar-refractivity contribution in [3.8, 4) is 0 Å². The molecule has 1 spiro atoms. The first-order chi connectivity index (χ1) is 13.1. The predicted octanol–water partition coefficient (Wildman–Crippen LogP) is 2.15. The van der Waals surface area contributed by atoms with Gasteiger partial charge in [-0.2, -0.15) is 0 Å². The van der Waals surface area contributed by atoms with Crippen LogP contribution in [0.15, 0.2) is 6.07 Å². The van der Waals surface area contributed by atoms with Gasteiger partial charge in [0.15, 0.2) is 0 Å². The third-order valence-electron chi connectivity index (χ3n) is 6.11. The zero-order valence-corrected chi connectivity index (χ0v) is 16.6. The molecule has 2 fully saturated rings. The Kier molecular flexibility index (Phi) is 5.53. The minimum Gasteiger partial charge on any atom is -0.396 e. The summed E-state index contributed by atoms with van der Waals surface area (Å²) in [6, 6.07) is 2.07. The van der Waals surface area contributed by atoms with Gasteiger partial charge in [0.1, 0.15) is 0 Å². The molecule has 1 aromatic rings. The Labute approximate surface area is 164 Å². The van der Waals surface area contributed by atoms with Gasteiger partial charge in [-0.15, -0.1) is 11.3 Å². The van der Waals surface area contributed by atoms with Crippen LogP contribution in [0.3, 0.4) is 0 Å². The number of ether oxygens (including phenoxy) is 1. The number of hydrogen-bond donors (Lipinski definition) is 1. The first-order valence-corrected chi connectivity index (χ1v) is 10.9. The molecule has 0 saturated carbocycles. The first-order valence-electron chi connectivity index (χ1n) is 10.1. The van der Waals surface area contributed by atoms with Crippen LogP contribution in [0.2, 0.25) is 0 Å². The third-order valence-corrected chi connectivity index (χ3v) is 7.29. The summed E-state index contributed by atoms with van der Waals surface area (Å²) in [4.78, 5) is 30.9. The minimum absolute atomic E-state index is 0.00895. The molecule has 4 rings (SSSR count). The predicted molar refractivity (Wildman–Crippen MR) is 103 cm³/mol. The van der Waals surface area contributed by atoms with E-state index in [-0.39, 0.29) is 30.4 Å². The SMILES string of the molecule is O=C(CCO)N1CCC2(CC1)OCCc1sc(C(=O)N3CCCCC3)cc12. The first kappa shape index (κ1) is 18.9. The summed E-state index contributed by atoms with van der Waals surface area (Å²) in [6.07, 6.45) is 5.97. The van der Waals surface area contributed by atoms with E-state index in [1.165, 1.54) is 16.9 Å². The maximum Gasteiger partial charge on any atom is 0.263 e. The molecule has 7 heteroatoms. The van der Waals surface area contributed by atoms with E-state index in [1.54, 1.807) is 11.3 Å². The number of fused-ring (bicyclic) bond motifs is 2. The van der Waals surface area contributed by atoms with Crippen molar-refractivity contribution >= 4 is 23.2 Å². The smallest absolute Gasteiger partial charge is 0.263 e. The van der Waals surface area contributed by atoms with E-state index in [9.17, 15) is 9.59 Å². The summed E-state index contributed by atoms with van der Waals surface area (Å²) in [7, 11) is 0. The lowest BCUT2D eigenvalue weighted by Crippen LogP contribution is -2.48. The van der Waals surface area contributed by atoms with Crippen molar-refractivity contribution in [3.05, 3.63) is 21.4 Å².